The number of nitro benzene ring substituents is 1. The van der Waals surface area contributed by atoms with Gasteiger partial charge in [-0.05, 0) is 49.7 Å². The van der Waals surface area contributed by atoms with Gasteiger partial charge >= 0.3 is 11.9 Å². The quantitative estimate of drug-likeness (QED) is 0.379. The Morgan fingerprint density at radius 1 is 1.10 bits per heavy atom. The van der Waals surface area contributed by atoms with E-state index in [4.69, 9.17) is 25.8 Å². The van der Waals surface area contributed by atoms with Gasteiger partial charge in [-0.25, -0.2) is 4.79 Å². The van der Waals surface area contributed by atoms with Crippen LogP contribution in [0.4, 0.5) is 5.69 Å². The number of benzene rings is 2. The predicted molar refractivity (Wildman–Crippen MR) is 106 cm³/mol. The summed E-state index contributed by atoms with van der Waals surface area (Å²) in [7, 11) is 2.38. The van der Waals surface area contributed by atoms with E-state index >= 15 is 0 Å². The molecule has 9 heteroatoms. The zero-order chi connectivity index (χ0) is 21.8. The van der Waals surface area contributed by atoms with Crippen LogP contribution < -0.4 is 4.74 Å². The third kappa shape index (κ3) is 4.17. The lowest BCUT2D eigenvalue weighted by Crippen LogP contribution is -2.36. The van der Waals surface area contributed by atoms with E-state index in [0.717, 1.165) is 7.11 Å². The van der Waals surface area contributed by atoms with Crippen LogP contribution in [0.5, 0.6) is 5.75 Å². The molecule has 0 spiro atoms. The number of hydrogen-bond acceptors (Lipinski definition) is 7. The van der Waals surface area contributed by atoms with Crippen LogP contribution in [0.25, 0.3) is 0 Å². The highest BCUT2D eigenvalue weighted by Gasteiger charge is 2.45. The lowest BCUT2D eigenvalue weighted by molar-refractivity contribution is -0.385. The fourth-order valence-electron chi connectivity index (χ4n) is 3.05. The first-order valence-corrected chi connectivity index (χ1v) is 8.96. The molecule has 1 unspecified atom stereocenters. The summed E-state index contributed by atoms with van der Waals surface area (Å²) in [6, 6.07) is 8.31. The minimum Gasteiger partial charge on any atom is -0.494 e. The second-order valence-electron chi connectivity index (χ2n) is 6.17. The molecule has 1 atom stereocenters. The number of methoxy groups -OCH3 is 2. The van der Waals surface area contributed by atoms with Crippen molar-refractivity contribution in [2.75, 3.05) is 20.8 Å². The van der Waals surface area contributed by atoms with E-state index in [-0.39, 0.29) is 27.4 Å². The van der Waals surface area contributed by atoms with Gasteiger partial charge in [0.1, 0.15) is 11.2 Å². The van der Waals surface area contributed by atoms with Crippen molar-refractivity contribution in [1.82, 2.24) is 0 Å². The molecule has 154 valence electrons. The standard InChI is InChI=1S/C20H20ClNO7/c1-5-29-13-7-9-17(22(25)26)15(11-13)20(2,19(24)28-4)14-10-12(18(23)27-3)6-8-16(14)21/h6-11H,5H2,1-4H3. The van der Waals surface area contributed by atoms with Crippen LogP contribution in [-0.2, 0) is 19.7 Å². The molecule has 0 saturated heterocycles. The van der Waals surface area contributed by atoms with Gasteiger partial charge in [0.15, 0.2) is 0 Å². The second kappa shape index (κ2) is 8.91. The summed E-state index contributed by atoms with van der Waals surface area (Å²) in [5, 5.41) is 11.8. The molecule has 8 nitrogen and oxygen atoms in total. The maximum atomic E-state index is 12.9. The van der Waals surface area contributed by atoms with Crippen molar-refractivity contribution in [3.05, 3.63) is 68.2 Å². The second-order valence-corrected chi connectivity index (χ2v) is 6.58. The molecule has 0 aliphatic carbocycles. The molecule has 2 rings (SSSR count). The van der Waals surface area contributed by atoms with E-state index in [0.29, 0.717) is 12.4 Å². The number of halogens is 1. The van der Waals surface area contributed by atoms with Crippen molar-refractivity contribution in [2.45, 2.75) is 19.3 Å². The molecular weight excluding hydrogens is 402 g/mol. The van der Waals surface area contributed by atoms with Gasteiger partial charge in [-0.1, -0.05) is 11.6 Å². The molecule has 0 aromatic heterocycles. The highest BCUT2D eigenvalue weighted by molar-refractivity contribution is 6.32. The van der Waals surface area contributed by atoms with Crippen LogP contribution in [0.3, 0.4) is 0 Å². The van der Waals surface area contributed by atoms with E-state index in [2.05, 4.69) is 0 Å². The van der Waals surface area contributed by atoms with Crippen molar-refractivity contribution >= 4 is 29.2 Å². The average Bonchev–Trinajstić information content (AvgIpc) is 2.72. The molecule has 0 radical (unpaired) electrons. The Morgan fingerprint density at radius 3 is 2.34 bits per heavy atom. The summed E-state index contributed by atoms with van der Waals surface area (Å²) in [6.45, 7) is 3.53. The lowest BCUT2D eigenvalue weighted by Gasteiger charge is -2.29. The Hall–Kier alpha value is -3.13. The van der Waals surface area contributed by atoms with Crippen molar-refractivity contribution in [1.29, 1.82) is 0 Å². The zero-order valence-electron chi connectivity index (χ0n) is 16.4. The van der Waals surface area contributed by atoms with Gasteiger partial charge in [0.2, 0.25) is 0 Å². The lowest BCUT2D eigenvalue weighted by atomic mass is 9.74. The van der Waals surface area contributed by atoms with Crippen LogP contribution in [0.2, 0.25) is 5.02 Å². The van der Waals surface area contributed by atoms with Gasteiger partial charge in [-0.2, -0.15) is 0 Å². The van der Waals surface area contributed by atoms with Crippen molar-refractivity contribution < 1.29 is 28.7 Å². The van der Waals surface area contributed by atoms with Crippen LogP contribution >= 0.6 is 11.6 Å². The monoisotopic (exact) mass is 421 g/mol. The van der Waals surface area contributed by atoms with Crippen LogP contribution in [-0.4, -0.2) is 37.7 Å². The number of hydrogen-bond donors (Lipinski definition) is 0. The summed E-state index contributed by atoms with van der Waals surface area (Å²) < 4.78 is 15.1. The molecule has 0 aliphatic heterocycles. The Labute approximate surface area is 172 Å². The average molecular weight is 422 g/mol. The van der Waals surface area contributed by atoms with E-state index in [1.807, 2.05) is 0 Å². The Bertz CT molecular complexity index is 960. The summed E-state index contributed by atoms with van der Waals surface area (Å²) in [6.07, 6.45) is 0. The molecule has 0 aliphatic rings. The molecule has 0 amide bonds. The van der Waals surface area contributed by atoms with E-state index < -0.39 is 22.3 Å². The van der Waals surface area contributed by atoms with E-state index in [1.165, 1.54) is 50.4 Å². The molecule has 0 fully saturated rings. The topological polar surface area (TPSA) is 105 Å². The number of nitro groups is 1. The maximum Gasteiger partial charge on any atom is 0.337 e. The van der Waals surface area contributed by atoms with Gasteiger partial charge < -0.3 is 14.2 Å². The third-order valence-electron chi connectivity index (χ3n) is 4.53. The first-order chi connectivity index (χ1) is 13.7. The van der Waals surface area contributed by atoms with Crippen LogP contribution in [0, 0.1) is 10.1 Å². The van der Waals surface area contributed by atoms with Gasteiger partial charge in [-0.3, -0.25) is 14.9 Å². The van der Waals surface area contributed by atoms with Crippen molar-refractivity contribution in [3.63, 3.8) is 0 Å². The highest BCUT2D eigenvalue weighted by atomic mass is 35.5. The predicted octanol–water partition coefficient (Wildman–Crippen LogP) is 3.91. The van der Waals surface area contributed by atoms with Gasteiger partial charge in [0.05, 0.1) is 36.9 Å². The Morgan fingerprint density at radius 2 is 1.79 bits per heavy atom. The normalized spacial score (nSPS) is 12.6. The Kier molecular flexibility index (Phi) is 6.81. The molecule has 2 aromatic rings. The summed E-state index contributed by atoms with van der Waals surface area (Å²) >= 11 is 6.35. The number of nitrogens with zero attached hydrogens (tertiary/aromatic N) is 1. The third-order valence-corrected chi connectivity index (χ3v) is 4.86. The number of ether oxygens (including phenoxy) is 3. The highest BCUT2D eigenvalue weighted by Crippen LogP contribution is 2.43. The summed E-state index contributed by atoms with van der Waals surface area (Å²) in [5.74, 6) is -1.10. The molecular formula is C20H20ClNO7. The number of carbonyl (C=O) groups excluding carboxylic acids is 2. The Balaban J connectivity index is 2.88. The zero-order valence-corrected chi connectivity index (χ0v) is 17.1. The molecule has 0 N–H and O–H groups in total. The number of carbonyl (C=O) groups is 2. The minimum atomic E-state index is -1.70. The molecule has 2 aromatic carbocycles. The minimum absolute atomic E-state index is 0.0178. The molecule has 0 heterocycles. The molecule has 0 saturated carbocycles. The number of esters is 2. The van der Waals surface area contributed by atoms with Crippen molar-refractivity contribution in [3.8, 4) is 5.75 Å². The number of rotatable bonds is 7. The van der Waals surface area contributed by atoms with Crippen LogP contribution in [0.1, 0.15) is 35.3 Å². The van der Waals surface area contributed by atoms with Crippen LogP contribution in [0.15, 0.2) is 36.4 Å². The largest absolute Gasteiger partial charge is 0.494 e. The van der Waals surface area contributed by atoms with Crippen molar-refractivity contribution in [2.24, 2.45) is 0 Å². The smallest absolute Gasteiger partial charge is 0.337 e. The first kappa shape index (κ1) is 22.2. The maximum absolute atomic E-state index is 12.9. The first-order valence-electron chi connectivity index (χ1n) is 8.59. The van der Waals surface area contributed by atoms with E-state index in [1.54, 1.807) is 6.92 Å². The summed E-state index contributed by atoms with van der Waals surface area (Å²) in [5.41, 5.74) is -1.72. The molecule has 29 heavy (non-hydrogen) atoms. The SMILES string of the molecule is CCOc1ccc([N+](=O)[O-])c(C(C)(C(=O)OC)c2cc(C(=O)OC)ccc2Cl)c1. The van der Waals surface area contributed by atoms with Gasteiger partial charge in [0, 0.05) is 11.1 Å². The summed E-state index contributed by atoms with van der Waals surface area (Å²) in [4.78, 5) is 36.0. The fraction of sp³-hybridized carbons (Fsp3) is 0.300. The van der Waals surface area contributed by atoms with Gasteiger partial charge in [0.25, 0.3) is 5.69 Å². The molecule has 0 bridgehead atoms. The van der Waals surface area contributed by atoms with Gasteiger partial charge in [-0.15, -0.1) is 0 Å². The van der Waals surface area contributed by atoms with E-state index in [9.17, 15) is 19.7 Å². The fourth-order valence-corrected chi connectivity index (χ4v) is 3.36.